The van der Waals surface area contributed by atoms with Crippen molar-refractivity contribution in [3.05, 3.63) is 64.0 Å². The van der Waals surface area contributed by atoms with Gasteiger partial charge in [-0.15, -0.1) is 0 Å². The van der Waals surface area contributed by atoms with Gasteiger partial charge in [0.25, 0.3) is 11.5 Å². The molecule has 1 aliphatic carbocycles. The van der Waals surface area contributed by atoms with Crippen molar-refractivity contribution in [3.8, 4) is 11.3 Å². The summed E-state index contributed by atoms with van der Waals surface area (Å²) in [4.78, 5) is 39.6. The molecule has 0 atom stereocenters. The number of Topliss-reactive ketones (excluding diaryl/α,β-unsaturated/α-hetero) is 2. The van der Waals surface area contributed by atoms with E-state index in [2.05, 4.69) is 4.98 Å². The Labute approximate surface area is 123 Å². The molecule has 4 rings (SSSR count). The number of fused-ring (bicyclic) bond motifs is 5. The molecule has 0 spiro atoms. The van der Waals surface area contributed by atoms with Gasteiger partial charge in [-0.3, -0.25) is 24.1 Å². The zero-order valence-corrected chi connectivity index (χ0v) is 11.0. The van der Waals surface area contributed by atoms with Crippen molar-refractivity contribution in [3.63, 3.8) is 0 Å². The van der Waals surface area contributed by atoms with Gasteiger partial charge in [-0.1, -0.05) is 18.2 Å². The van der Waals surface area contributed by atoms with E-state index in [0.717, 1.165) is 0 Å². The molecular formula is C15H7N3O4. The molecule has 0 N–H and O–H groups in total. The smallest absolute Gasteiger partial charge is 0.281 e. The third-order valence-electron chi connectivity index (χ3n) is 3.67. The number of pyridine rings is 1. The topological polar surface area (TPSA) is 94.6 Å². The van der Waals surface area contributed by atoms with E-state index in [1.165, 1.54) is 16.5 Å². The summed E-state index contributed by atoms with van der Waals surface area (Å²) in [6.45, 7) is 0. The highest BCUT2D eigenvalue weighted by Gasteiger charge is 2.39. The van der Waals surface area contributed by atoms with Gasteiger partial charge in [-0.05, 0) is 12.1 Å². The van der Waals surface area contributed by atoms with Crippen molar-refractivity contribution in [1.82, 2.24) is 9.38 Å². The molecule has 0 radical (unpaired) electrons. The van der Waals surface area contributed by atoms with Crippen LogP contribution >= 0.6 is 0 Å². The predicted molar refractivity (Wildman–Crippen MR) is 75.9 cm³/mol. The van der Waals surface area contributed by atoms with Crippen molar-refractivity contribution < 1.29 is 14.5 Å². The number of nitrogens with zero attached hydrogens (tertiary/aromatic N) is 3. The number of aromatic nitrogens is 2. The maximum atomic E-state index is 12.4. The van der Waals surface area contributed by atoms with E-state index >= 15 is 0 Å². The lowest BCUT2D eigenvalue weighted by molar-refractivity contribution is -0.385. The first-order valence-corrected chi connectivity index (χ1v) is 6.43. The summed E-state index contributed by atoms with van der Waals surface area (Å²) in [6, 6.07) is 9.44. The van der Waals surface area contributed by atoms with E-state index in [1.54, 1.807) is 30.5 Å². The maximum Gasteiger partial charge on any atom is 0.281 e. The number of hydrogen-bond acceptors (Lipinski definition) is 5. The normalized spacial score (nSPS) is 13.1. The Morgan fingerprint density at radius 1 is 1.05 bits per heavy atom. The molecule has 0 aliphatic heterocycles. The fraction of sp³-hybridized carbons (Fsp3) is 0. The first kappa shape index (κ1) is 12.4. The number of ketones is 2. The first-order valence-electron chi connectivity index (χ1n) is 6.43. The molecule has 0 fully saturated rings. The molecule has 2 heterocycles. The second-order valence-electron chi connectivity index (χ2n) is 4.85. The highest BCUT2D eigenvalue weighted by Crippen LogP contribution is 2.37. The van der Waals surface area contributed by atoms with Crippen molar-refractivity contribution in [1.29, 1.82) is 0 Å². The molecule has 7 heteroatoms. The molecule has 22 heavy (non-hydrogen) atoms. The van der Waals surface area contributed by atoms with Crippen molar-refractivity contribution in [2.75, 3.05) is 0 Å². The van der Waals surface area contributed by atoms with Crippen LogP contribution in [0.15, 0.2) is 42.6 Å². The molecule has 0 unspecified atom stereocenters. The number of hydrogen-bond donors (Lipinski definition) is 0. The Kier molecular flexibility index (Phi) is 2.30. The fourth-order valence-corrected chi connectivity index (χ4v) is 2.75. The molecule has 106 valence electrons. The third kappa shape index (κ3) is 1.42. The largest absolute Gasteiger partial charge is 0.296 e. The minimum absolute atomic E-state index is 0.147. The number of benzene rings is 1. The van der Waals surface area contributed by atoms with Gasteiger partial charge in [0.1, 0.15) is 22.6 Å². The van der Waals surface area contributed by atoms with Crippen LogP contribution in [0, 0.1) is 10.1 Å². The summed E-state index contributed by atoms with van der Waals surface area (Å²) in [7, 11) is 0. The van der Waals surface area contributed by atoms with E-state index < -0.39 is 16.5 Å². The minimum Gasteiger partial charge on any atom is -0.296 e. The van der Waals surface area contributed by atoms with Crippen LogP contribution in [0.2, 0.25) is 0 Å². The summed E-state index contributed by atoms with van der Waals surface area (Å²) in [5.41, 5.74) is 0.709. The molecule has 7 nitrogen and oxygen atoms in total. The highest BCUT2D eigenvalue weighted by molar-refractivity contribution is 6.53. The number of imidazole rings is 1. The molecule has 0 saturated heterocycles. The zero-order valence-electron chi connectivity index (χ0n) is 11.0. The van der Waals surface area contributed by atoms with E-state index in [4.69, 9.17) is 0 Å². The summed E-state index contributed by atoms with van der Waals surface area (Å²) in [5.74, 6) is -1.66. The summed E-state index contributed by atoms with van der Waals surface area (Å²) in [5, 5.41) is 11.1. The lowest BCUT2D eigenvalue weighted by Crippen LogP contribution is -2.23. The van der Waals surface area contributed by atoms with Crippen molar-refractivity contribution in [2.45, 2.75) is 0 Å². The standard InChI is InChI=1S/C15H7N3O4/c19-14-11-8(4-3-5-9(11)18(21)22)12-13(15(14)20)17-7-2-1-6-10(17)16-12/h1-7H. The second-order valence-corrected chi connectivity index (χ2v) is 4.85. The van der Waals surface area contributed by atoms with Gasteiger partial charge >= 0.3 is 0 Å². The van der Waals surface area contributed by atoms with Crippen molar-refractivity contribution >= 4 is 22.9 Å². The van der Waals surface area contributed by atoms with Crippen molar-refractivity contribution in [2.24, 2.45) is 0 Å². The Morgan fingerprint density at radius 2 is 1.86 bits per heavy atom. The van der Waals surface area contributed by atoms with Gasteiger partial charge in [-0.2, -0.15) is 0 Å². The summed E-state index contributed by atoms with van der Waals surface area (Å²) in [6.07, 6.45) is 1.63. The fourth-order valence-electron chi connectivity index (χ4n) is 2.75. The van der Waals surface area contributed by atoms with Gasteiger partial charge in [-0.25, -0.2) is 4.98 Å². The monoisotopic (exact) mass is 293 g/mol. The predicted octanol–water partition coefficient (Wildman–Crippen LogP) is 2.29. The van der Waals surface area contributed by atoms with Gasteiger partial charge in [0.15, 0.2) is 0 Å². The van der Waals surface area contributed by atoms with E-state index in [-0.39, 0.29) is 16.9 Å². The SMILES string of the molecule is O=C1C(=O)c2c(nc3ccccn23)-c2cccc([N+](=O)[O-])c21. The quantitative estimate of drug-likeness (QED) is 0.389. The Hall–Kier alpha value is -3.35. The van der Waals surface area contributed by atoms with Crippen LogP contribution in [0.3, 0.4) is 0 Å². The highest BCUT2D eigenvalue weighted by atomic mass is 16.6. The third-order valence-corrected chi connectivity index (χ3v) is 3.67. The average Bonchev–Trinajstić information content (AvgIpc) is 2.91. The van der Waals surface area contributed by atoms with Crippen LogP contribution in [0.25, 0.3) is 16.9 Å². The Morgan fingerprint density at radius 3 is 2.64 bits per heavy atom. The lowest BCUT2D eigenvalue weighted by Gasteiger charge is -2.13. The van der Waals surface area contributed by atoms with Gasteiger partial charge in [0.05, 0.1) is 4.92 Å². The van der Waals surface area contributed by atoms with E-state index in [1.807, 2.05) is 0 Å². The molecule has 1 aliphatic rings. The summed E-state index contributed by atoms with van der Waals surface area (Å²) < 4.78 is 1.53. The molecule has 1 aromatic carbocycles. The Balaban J connectivity index is 2.17. The van der Waals surface area contributed by atoms with Crippen LogP contribution in [0.5, 0.6) is 0 Å². The second kappa shape index (κ2) is 4.08. The van der Waals surface area contributed by atoms with Crippen LogP contribution in [0.4, 0.5) is 5.69 Å². The molecule has 0 saturated carbocycles. The minimum atomic E-state index is -0.875. The summed E-state index contributed by atoms with van der Waals surface area (Å²) >= 11 is 0. The van der Waals surface area contributed by atoms with Gasteiger partial charge in [0, 0.05) is 17.8 Å². The van der Waals surface area contributed by atoms with E-state index in [0.29, 0.717) is 16.9 Å². The van der Waals surface area contributed by atoms with Crippen LogP contribution in [-0.2, 0) is 0 Å². The first-order chi connectivity index (χ1) is 10.6. The van der Waals surface area contributed by atoms with Gasteiger partial charge < -0.3 is 0 Å². The van der Waals surface area contributed by atoms with E-state index in [9.17, 15) is 19.7 Å². The molecule has 0 amide bonds. The van der Waals surface area contributed by atoms with Gasteiger partial charge in [0.2, 0.25) is 5.78 Å². The number of nitro benzene ring substituents is 1. The average molecular weight is 293 g/mol. The number of nitro groups is 1. The number of carbonyl (C=O) groups is 2. The van der Waals surface area contributed by atoms with Crippen LogP contribution < -0.4 is 0 Å². The van der Waals surface area contributed by atoms with Crippen LogP contribution in [-0.4, -0.2) is 25.9 Å². The number of rotatable bonds is 1. The Bertz CT molecular complexity index is 1000. The molecule has 3 aromatic rings. The molecular weight excluding hydrogens is 286 g/mol. The lowest BCUT2D eigenvalue weighted by atomic mass is 9.89. The van der Waals surface area contributed by atoms with Crippen LogP contribution in [0.1, 0.15) is 20.8 Å². The zero-order chi connectivity index (χ0) is 15.4. The number of carbonyl (C=O) groups excluding carboxylic acids is 2. The molecule has 2 aromatic heterocycles. The molecule has 0 bridgehead atoms. The maximum absolute atomic E-state index is 12.4.